The smallest absolute Gasteiger partial charge is 0.434 e. The second-order valence-corrected chi connectivity index (χ2v) is 7.28. The molecule has 1 rings (SSSR count). The first-order chi connectivity index (χ1) is 12.5. The summed E-state index contributed by atoms with van der Waals surface area (Å²) in [5, 5.41) is 45.4. The van der Waals surface area contributed by atoms with Crippen molar-refractivity contribution in [1.29, 1.82) is 0 Å². The second-order valence-electron chi connectivity index (χ2n) is 7.28. The molecule has 2 N–H and O–H groups in total. The third kappa shape index (κ3) is 6.29. The minimum absolute atomic E-state index is 0.0236. The van der Waals surface area contributed by atoms with Gasteiger partial charge in [0.15, 0.2) is 0 Å². The van der Waals surface area contributed by atoms with E-state index >= 15 is 0 Å². The van der Waals surface area contributed by atoms with Crippen LogP contribution in [0.15, 0.2) is 22.7 Å². The number of nitrogens with zero attached hydrogens (tertiary/aromatic N) is 5. The van der Waals surface area contributed by atoms with Crippen molar-refractivity contribution < 1.29 is 4.92 Å². The van der Waals surface area contributed by atoms with E-state index in [9.17, 15) is 20.5 Å². The SMILES string of the molecule is C/C(=N\[O-])C(C)(C)NCCCNC(C)(C)/C(Cn1ccnc1[N+](=O)[O-])=N/[O-]. The highest BCUT2D eigenvalue weighted by Crippen LogP contribution is 2.13. The van der Waals surface area contributed by atoms with E-state index < -0.39 is 16.0 Å². The molecule has 27 heavy (non-hydrogen) atoms. The maximum Gasteiger partial charge on any atom is 0.434 e. The number of nitrogens with one attached hydrogen (secondary N) is 2. The summed E-state index contributed by atoms with van der Waals surface area (Å²) in [7, 11) is 0. The quantitative estimate of drug-likeness (QED) is 0.256. The van der Waals surface area contributed by atoms with Gasteiger partial charge in [-0.15, -0.1) is 0 Å². The topological polar surface area (TPSA) is 156 Å². The lowest BCUT2D eigenvalue weighted by Crippen LogP contribution is -2.50. The third-order valence-corrected chi connectivity index (χ3v) is 4.54. The fraction of sp³-hybridized carbons (Fsp3) is 0.688. The summed E-state index contributed by atoms with van der Waals surface area (Å²) in [4.78, 5) is 14.0. The van der Waals surface area contributed by atoms with Gasteiger partial charge in [-0.3, -0.25) is 0 Å². The van der Waals surface area contributed by atoms with Crippen LogP contribution in [-0.4, -0.2) is 50.1 Å². The maximum atomic E-state index is 11.3. The summed E-state index contributed by atoms with van der Waals surface area (Å²) in [5.74, 6) is -0.339. The van der Waals surface area contributed by atoms with Gasteiger partial charge in [0.25, 0.3) is 0 Å². The second kappa shape index (κ2) is 9.42. The van der Waals surface area contributed by atoms with Crippen molar-refractivity contribution in [3.05, 3.63) is 32.9 Å². The van der Waals surface area contributed by atoms with E-state index in [1.807, 2.05) is 13.8 Å². The summed E-state index contributed by atoms with van der Waals surface area (Å²) in [5.41, 5.74) is -0.536. The van der Waals surface area contributed by atoms with Crippen LogP contribution in [0, 0.1) is 20.5 Å². The predicted octanol–water partition coefficient (Wildman–Crippen LogP) is 1.82. The molecule has 0 aliphatic rings. The first-order valence-electron chi connectivity index (χ1n) is 8.57. The average molecular weight is 381 g/mol. The molecule has 11 heteroatoms. The van der Waals surface area contributed by atoms with Crippen molar-refractivity contribution >= 4 is 17.4 Å². The average Bonchev–Trinajstić information content (AvgIpc) is 3.06. The number of rotatable bonds is 11. The molecule has 0 aliphatic carbocycles. The normalized spacial score (nSPS) is 13.8. The Morgan fingerprint density at radius 3 is 2.30 bits per heavy atom. The molecule has 11 nitrogen and oxygen atoms in total. The fourth-order valence-electron chi connectivity index (χ4n) is 2.33. The highest BCUT2D eigenvalue weighted by atomic mass is 16.6. The molecule has 0 fully saturated rings. The van der Waals surface area contributed by atoms with Crippen molar-refractivity contribution in [2.75, 3.05) is 13.1 Å². The summed E-state index contributed by atoms with van der Waals surface area (Å²) in [6, 6.07) is 0. The molecule has 152 valence electrons. The van der Waals surface area contributed by atoms with Crippen LogP contribution < -0.4 is 10.6 Å². The van der Waals surface area contributed by atoms with Gasteiger partial charge in [0, 0.05) is 5.71 Å². The van der Waals surface area contributed by atoms with Crippen LogP contribution in [0.5, 0.6) is 0 Å². The summed E-state index contributed by atoms with van der Waals surface area (Å²) in [6.45, 7) is 10.2. The Morgan fingerprint density at radius 1 is 1.19 bits per heavy atom. The van der Waals surface area contributed by atoms with Gasteiger partial charge < -0.3 is 41.5 Å². The zero-order valence-corrected chi connectivity index (χ0v) is 16.4. The molecule has 0 radical (unpaired) electrons. The molecular formula is C16H27N7O4-2. The molecule has 0 saturated carbocycles. The Balaban J connectivity index is 2.58. The molecule has 0 bridgehead atoms. The maximum absolute atomic E-state index is 11.3. The minimum Gasteiger partial charge on any atom is -0.792 e. The third-order valence-electron chi connectivity index (χ3n) is 4.54. The van der Waals surface area contributed by atoms with E-state index in [-0.39, 0.29) is 18.2 Å². The van der Waals surface area contributed by atoms with Crippen LogP contribution in [0.1, 0.15) is 41.0 Å². The number of hydrogen-bond donors (Lipinski definition) is 2. The molecule has 0 spiro atoms. The van der Waals surface area contributed by atoms with Crippen LogP contribution >= 0.6 is 0 Å². The molecule has 0 atom stereocenters. The predicted molar refractivity (Wildman–Crippen MR) is 105 cm³/mol. The first kappa shape index (κ1) is 22.5. The Labute approximate surface area is 158 Å². The minimum atomic E-state index is -0.748. The van der Waals surface area contributed by atoms with Crippen molar-refractivity contribution in [2.24, 2.45) is 10.3 Å². The summed E-state index contributed by atoms with van der Waals surface area (Å²) in [6.07, 6.45) is 3.48. The van der Waals surface area contributed by atoms with Crippen molar-refractivity contribution in [3.63, 3.8) is 0 Å². The fourth-order valence-corrected chi connectivity index (χ4v) is 2.33. The monoisotopic (exact) mass is 381 g/mol. The zero-order valence-electron chi connectivity index (χ0n) is 16.4. The summed E-state index contributed by atoms with van der Waals surface area (Å²) >= 11 is 0. The Bertz CT molecular complexity index is 695. The standard InChI is InChI=1S/C16H29N7O4/c1-12(20-24)15(2,3)18-7-6-8-19-16(4,5)13(21-25)11-22-10-9-17-14(22)23(26)27/h9-10,18-19,24-25H,6-8,11H2,1-5H3/p-2/b20-12+,21-13+. The van der Waals surface area contributed by atoms with E-state index in [0.717, 1.165) is 6.42 Å². The molecular weight excluding hydrogens is 354 g/mol. The van der Waals surface area contributed by atoms with Gasteiger partial charge in [0.05, 0.1) is 16.8 Å². The molecule has 0 unspecified atom stereocenters. The Morgan fingerprint density at radius 2 is 1.78 bits per heavy atom. The molecule has 1 aromatic rings. The lowest BCUT2D eigenvalue weighted by atomic mass is 9.97. The molecule has 1 heterocycles. The van der Waals surface area contributed by atoms with E-state index in [2.05, 4.69) is 25.9 Å². The lowest BCUT2D eigenvalue weighted by molar-refractivity contribution is -0.396. The molecule has 0 saturated heterocycles. The highest BCUT2D eigenvalue weighted by molar-refractivity contribution is 5.93. The van der Waals surface area contributed by atoms with Crippen LogP contribution in [0.3, 0.4) is 0 Å². The largest absolute Gasteiger partial charge is 0.792 e. The van der Waals surface area contributed by atoms with Crippen molar-refractivity contribution in [2.45, 2.75) is 58.7 Å². The number of aromatic nitrogens is 2. The van der Waals surface area contributed by atoms with E-state index in [1.165, 1.54) is 17.0 Å². The van der Waals surface area contributed by atoms with Crippen LogP contribution in [0.2, 0.25) is 0 Å². The first-order valence-corrected chi connectivity index (χ1v) is 8.57. The Hall–Kier alpha value is -2.53. The molecule has 1 aromatic heterocycles. The van der Waals surface area contributed by atoms with Gasteiger partial charge in [-0.25, -0.2) is 4.57 Å². The van der Waals surface area contributed by atoms with E-state index in [0.29, 0.717) is 18.8 Å². The number of imidazole rings is 1. The van der Waals surface area contributed by atoms with Gasteiger partial charge in [0.2, 0.25) is 0 Å². The van der Waals surface area contributed by atoms with E-state index in [4.69, 9.17) is 0 Å². The number of hydrogen-bond acceptors (Lipinski definition) is 9. The summed E-state index contributed by atoms with van der Waals surface area (Å²) < 4.78 is 1.27. The Kier molecular flexibility index (Phi) is 7.85. The zero-order chi connectivity index (χ0) is 20.7. The van der Waals surface area contributed by atoms with Gasteiger partial charge in [-0.2, -0.15) is 0 Å². The molecule has 0 amide bonds. The van der Waals surface area contributed by atoms with Gasteiger partial charge in [0.1, 0.15) is 18.9 Å². The van der Waals surface area contributed by atoms with E-state index in [1.54, 1.807) is 20.8 Å². The van der Waals surface area contributed by atoms with Gasteiger partial charge in [-0.1, -0.05) is 4.98 Å². The van der Waals surface area contributed by atoms with Crippen LogP contribution in [-0.2, 0) is 6.54 Å². The highest BCUT2D eigenvalue weighted by Gasteiger charge is 2.27. The number of nitro groups is 1. The van der Waals surface area contributed by atoms with Gasteiger partial charge in [-0.05, 0) is 59.1 Å². The lowest BCUT2D eigenvalue weighted by Gasteiger charge is -2.30. The van der Waals surface area contributed by atoms with Crippen LogP contribution in [0.25, 0.3) is 0 Å². The molecule has 0 aromatic carbocycles. The van der Waals surface area contributed by atoms with Crippen molar-refractivity contribution in [3.8, 4) is 0 Å². The molecule has 0 aliphatic heterocycles. The van der Waals surface area contributed by atoms with Gasteiger partial charge >= 0.3 is 5.95 Å². The van der Waals surface area contributed by atoms with Crippen LogP contribution in [0.4, 0.5) is 5.95 Å². The van der Waals surface area contributed by atoms with Crippen molar-refractivity contribution in [1.82, 2.24) is 20.2 Å².